The van der Waals surface area contributed by atoms with Crippen molar-refractivity contribution in [1.82, 2.24) is 9.97 Å². The van der Waals surface area contributed by atoms with Crippen LogP contribution in [0.2, 0.25) is 0 Å². The van der Waals surface area contributed by atoms with E-state index in [4.69, 9.17) is 0 Å². The Kier molecular flexibility index (Phi) is 6.26. The van der Waals surface area contributed by atoms with Crippen LogP contribution >= 0.6 is 15.9 Å². The van der Waals surface area contributed by atoms with E-state index < -0.39 is 0 Å². The van der Waals surface area contributed by atoms with Crippen LogP contribution in [0.4, 0.5) is 11.6 Å². The van der Waals surface area contributed by atoms with E-state index in [1.165, 1.54) is 0 Å². The van der Waals surface area contributed by atoms with Crippen molar-refractivity contribution in [3.8, 4) is 0 Å². The molecule has 0 aliphatic rings. The maximum Gasteiger partial charge on any atom is 0.145 e. The second-order valence-corrected chi connectivity index (χ2v) is 5.00. The van der Waals surface area contributed by atoms with Crippen molar-refractivity contribution < 1.29 is 0 Å². The summed E-state index contributed by atoms with van der Waals surface area (Å²) in [6.45, 7) is 8.39. The van der Waals surface area contributed by atoms with Crippen molar-refractivity contribution >= 4 is 27.6 Å². The molecule has 1 heterocycles. The van der Waals surface area contributed by atoms with E-state index in [0.717, 1.165) is 42.0 Å². The molecule has 5 heteroatoms. The fourth-order valence-corrected chi connectivity index (χ4v) is 1.76. The van der Waals surface area contributed by atoms with E-state index in [1.807, 2.05) is 0 Å². The summed E-state index contributed by atoms with van der Waals surface area (Å²) in [6, 6.07) is 0. The van der Waals surface area contributed by atoms with Crippen LogP contribution in [0.5, 0.6) is 0 Å². The number of nitrogens with one attached hydrogen (secondary N) is 2. The highest BCUT2D eigenvalue weighted by molar-refractivity contribution is 9.10. The van der Waals surface area contributed by atoms with Gasteiger partial charge in [-0.05, 0) is 28.3 Å². The predicted octanol–water partition coefficient (Wildman–Crippen LogP) is 3.52. The van der Waals surface area contributed by atoms with E-state index >= 15 is 0 Å². The summed E-state index contributed by atoms with van der Waals surface area (Å²) >= 11 is 3.53. The van der Waals surface area contributed by atoms with Crippen LogP contribution in [0.25, 0.3) is 0 Å². The second kappa shape index (κ2) is 7.48. The molecule has 0 aromatic carbocycles. The van der Waals surface area contributed by atoms with Crippen molar-refractivity contribution in [2.24, 2.45) is 5.92 Å². The highest BCUT2D eigenvalue weighted by atomic mass is 79.9. The summed E-state index contributed by atoms with van der Waals surface area (Å²) in [4.78, 5) is 8.46. The summed E-state index contributed by atoms with van der Waals surface area (Å²) in [7, 11) is 0. The Morgan fingerprint density at radius 1 is 1.24 bits per heavy atom. The minimum atomic E-state index is 0.643. The monoisotopic (exact) mass is 300 g/mol. The SMILES string of the molecule is CCCNc1ncnc(NCC(C)CC)c1Br. The van der Waals surface area contributed by atoms with E-state index in [0.29, 0.717) is 5.92 Å². The third-order valence-electron chi connectivity index (χ3n) is 2.65. The van der Waals surface area contributed by atoms with Crippen LogP contribution in [0.3, 0.4) is 0 Å². The molecule has 1 aromatic heterocycles. The summed E-state index contributed by atoms with van der Waals surface area (Å²) in [6.07, 6.45) is 3.82. The van der Waals surface area contributed by atoms with Crippen LogP contribution in [0, 0.1) is 5.92 Å². The normalized spacial score (nSPS) is 12.2. The molecule has 4 nitrogen and oxygen atoms in total. The molecule has 0 radical (unpaired) electrons. The van der Waals surface area contributed by atoms with Crippen molar-refractivity contribution in [3.05, 3.63) is 10.8 Å². The average molecular weight is 301 g/mol. The largest absolute Gasteiger partial charge is 0.369 e. The predicted molar refractivity (Wildman–Crippen MR) is 76.5 cm³/mol. The molecule has 96 valence electrons. The van der Waals surface area contributed by atoms with Crippen LogP contribution < -0.4 is 10.6 Å². The van der Waals surface area contributed by atoms with Gasteiger partial charge in [0.05, 0.1) is 0 Å². The van der Waals surface area contributed by atoms with Gasteiger partial charge in [-0.3, -0.25) is 0 Å². The van der Waals surface area contributed by atoms with Gasteiger partial charge in [0, 0.05) is 13.1 Å². The van der Waals surface area contributed by atoms with Gasteiger partial charge in [0.2, 0.25) is 0 Å². The highest BCUT2D eigenvalue weighted by Crippen LogP contribution is 2.26. The van der Waals surface area contributed by atoms with Crippen LogP contribution in [-0.2, 0) is 0 Å². The maximum absolute atomic E-state index is 4.24. The van der Waals surface area contributed by atoms with E-state index in [-0.39, 0.29) is 0 Å². The molecule has 0 spiro atoms. The number of hydrogen-bond acceptors (Lipinski definition) is 4. The van der Waals surface area contributed by atoms with Gasteiger partial charge < -0.3 is 10.6 Å². The lowest BCUT2D eigenvalue weighted by molar-refractivity contribution is 0.592. The van der Waals surface area contributed by atoms with E-state index in [9.17, 15) is 0 Å². The molecule has 2 N–H and O–H groups in total. The summed E-state index contributed by atoms with van der Waals surface area (Å²) in [5, 5.41) is 6.61. The van der Waals surface area contributed by atoms with Crippen molar-refractivity contribution in [2.45, 2.75) is 33.6 Å². The molecule has 17 heavy (non-hydrogen) atoms. The molecule has 0 bridgehead atoms. The lowest BCUT2D eigenvalue weighted by atomic mass is 10.1. The highest BCUT2D eigenvalue weighted by Gasteiger charge is 2.08. The van der Waals surface area contributed by atoms with Gasteiger partial charge in [-0.2, -0.15) is 0 Å². The first-order chi connectivity index (χ1) is 8.19. The van der Waals surface area contributed by atoms with Gasteiger partial charge in [-0.25, -0.2) is 9.97 Å². The number of rotatable bonds is 7. The second-order valence-electron chi connectivity index (χ2n) is 4.21. The van der Waals surface area contributed by atoms with Crippen molar-refractivity contribution in [3.63, 3.8) is 0 Å². The zero-order valence-corrected chi connectivity index (χ0v) is 12.3. The van der Waals surface area contributed by atoms with Gasteiger partial charge in [0.1, 0.15) is 22.4 Å². The van der Waals surface area contributed by atoms with E-state index in [2.05, 4.69) is 57.3 Å². The fraction of sp³-hybridized carbons (Fsp3) is 0.667. The molecule has 0 aliphatic carbocycles. The number of anilines is 2. The smallest absolute Gasteiger partial charge is 0.145 e. The summed E-state index contributed by atoms with van der Waals surface area (Å²) < 4.78 is 0.914. The number of aromatic nitrogens is 2. The third kappa shape index (κ3) is 4.50. The van der Waals surface area contributed by atoms with Gasteiger partial charge in [0.25, 0.3) is 0 Å². The molecule has 0 saturated carbocycles. The molecule has 0 saturated heterocycles. The lowest BCUT2D eigenvalue weighted by Crippen LogP contribution is -2.13. The van der Waals surface area contributed by atoms with Crippen LogP contribution in [0.15, 0.2) is 10.8 Å². The topological polar surface area (TPSA) is 49.8 Å². The number of nitrogens with zero attached hydrogens (tertiary/aromatic N) is 2. The van der Waals surface area contributed by atoms with Gasteiger partial charge in [-0.15, -0.1) is 0 Å². The standard InChI is InChI=1S/C12H21BrN4/c1-4-6-14-11-10(13)12(17-8-16-11)15-7-9(3)5-2/h8-9H,4-7H2,1-3H3,(H2,14,15,16,17). The first kappa shape index (κ1) is 14.2. The minimum Gasteiger partial charge on any atom is -0.369 e. The maximum atomic E-state index is 4.24. The number of hydrogen-bond donors (Lipinski definition) is 2. The van der Waals surface area contributed by atoms with Crippen molar-refractivity contribution in [2.75, 3.05) is 23.7 Å². The Hall–Kier alpha value is -0.840. The van der Waals surface area contributed by atoms with Gasteiger partial charge >= 0.3 is 0 Å². The first-order valence-corrected chi connectivity index (χ1v) is 6.96. The molecule has 0 amide bonds. The van der Waals surface area contributed by atoms with Gasteiger partial charge in [-0.1, -0.05) is 27.2 Å². The summed E-state index contributed by atoms with van der Waals surface area (Å²) in [5.74, 6) is 2.36. The molecule has 1 unspecified atom stereocenters. The lowest BCUT2D eigenvalue weighted by Gasteiger charge is -2.13. The minimum absolute atomic E-state index is 0.643. The molecule has 0 fully saturated rings. The zero-order chi connectivity index (χ0) is 12.7. The molecule has 1 aromatic rings. The Labute approximate surface area is 112 Å². The Morgan fingerprint density at radius 2 is 1.88 bits per heavy atom. The zero-order valence-electron chi connectivity index (χ0n) is 10.8. The van der Waals surface area contributed by atoms with E-state index in [1.54, 1.807) is 6.33 Å². The van der Waals surface area contributed by atoms with Crippen LogP contribution in [-0.4, -0.2) is 23.1 Å². The third-order valence-corrected chi connectivity index (χ3v) is 3.40. The molecule has 0 aliphatic heterocycles. The average Bonchev–Trinajstić information content (AvgIpc) is 2.35. The molecular weight excluding hydrogens is 280 g/mol. The Bertz CT molecular complexity index is 343. The molecule has 1 atom stereocenters. The first-order valence-electron chi connectivity index (χ1n) is 6.17. The molecular formula is C12H21BrN4. The quantitative estimate of drug-likeness (QED) is 0.809. The molecule has 1 rings (SSSR count). The summed E-state index contributed by atoms with van der Waals surface area (Å²) in [5.41, 5.74) is 0. The Balaban J connectivity index is 2.65. The Morgan fingerprint density at radius 3 is 2.47 bits per heavy atom. The van der Waals surface area contributed by atoms with Gasteiger partial charge in [0.15, 0.2) is 0 Å². The fourth-order valence-electron chi connectivity index (χ4n) is 1.27. The van der Waals surface area contributed by atoms with Crippen molar-refractivity contribution in [1.29, 1.82) is 0 Å². The van der Waals surface area contributed by atoms with Crippen LogP contribution in [0.1, 0.15) is 33.6 Å². The number of halogens is 1.